The van der Waals surface area contributed by atoms with E-state index in [1.807, 2.05) is 19.0 Å². The van der Waals surface area contributed by atoms with Gasteiger partial charge in [0.2, 0.25) is 10.0 Å². The van der Waals surface area contributed by atoms with Crippen LogP contribution in [-0.2, 0) is 24.3 Å². The molecule has 11 heteroatoms. The maximum absolute atomic E-state index is 12.9. The lowest BCUT2D eigenvalue weighted by Gasteiger charge is -2.26. The van der Waals surface area contributed by atoms with Crippen molar-refractivity contribution in [2.45, 2.75) is 4.90 Å². The zero-order valence-corrected chi connectivity index (χ0v) is 19.3. The maximum Gasteiger partial charge on any atom is 0.338 e. The van der Waals surface area contributed by atoms with Gasteiger partial charge in [0.05, 0.1) is 23.8 Å². The van der Waals surface area contributed by atoms with Crippen molar-refractivity contribution in [3.63, 3.8) is 0 Å². The predicted molar refractivity (Wildman–Crippen MR) is 121 cm³/mol. The fourth-order valence-corrected chi connectivity index (χ4v) is 4.92. The van der Waals surface area contributed by atoms with E-state index in [1.165, 1.54) is 22.5 Å². The number of carbonyl (C=O) groups is 2. The first-order valence-electron chi connectivity index (χ1n) is 9.80. The highest BCUT2D eigenvalue weighted by Crippen LogP contribution is 2.28. The minimum absolute atomic E-state index is 0.0436. The molecule has 1 fully saturated rings. The van der Waals surface area contributed by atoms with Crippen LogP contribution < -0.4 is 10.2 Å². The van der Waals surface area contributed by atoms with Crippen molar-refractivity contribution < 1.29 is 27.5 Å². The maximum atomic E-state index is 12.9. The lowest BCUT2D eigenvalue weighted by atomic mass is 10.2. The van der Waals surface area contributed by atoms with Crippen molar-refractivity contribution in [3.05, 3.63) is 53.1 Å². The molecule has 172 valence electrons. The van der Waals surface area contributed by atoms with E-state index in [0.29, 0.717) is 18.8 Å². The van der Waals surface area contributed by atoms with Gasteiger partial charge in [-0.1, -0.05) is 11.6 Å². The molecule has 2 aromatic carbocycles. The first-order chi connectivity index (χ1) is 15.2. The van der Waals surface area contributed by atoms with E-state index < -0.39 is 28.5 Å². The molecule has 0 saturated carbocycles. The van der Waals surface area contributed by atoms with Crippen molar-refractivity contribution in [2.24, 2.45) is 0 Å². The summed E-state index contributed by atoms with van der Waals surface area (Å²) < 4.78 is 37.3. The molecule has 1 amide bonds. The lowest BCUT2D eigenvalue weighted by Crippen LogP contribution is -2.40. The van der Waals surface area contributed by atoms with Gasteiger partial charge in [-0.2, -0.15) is 4.31 Å². The summed E-state index contributed by atoms with van der Waals surface area (Å²) in [7, 11) is -0.0792. The minimum atomic E-state index is -3.84. The molecule has 0 unspecified atom stereocenters. The van der Waals surface area contributed by atoms with E-state index in [4.69, 9.17) is 21.1 Å². The fourth-order valence-electron chi connectivity index (χ4n) is 3.01. The Morgan fingerprint density at radius 1 is 1.12 bits per heavy atom. The van der Waals surface area contributed by atoms with E-state index >= 15 is 0 Å². The number of nitrogens with one attached hydrogen (secondary N) is 1. The summed E-state index contributed by atoms with van der Waals surface area (Å²) >= 11 is 6.12. The number of amides is 1. The van der Waals surface area contributed by atoms with Crippen LogP contribution in [0, 0.1) is 0 Å². The Balaban J connectivity index is 1.62. The van der Waals surface area contributed by atoms with Crippen LogP contribution in [0.25, 0.3) is 0 Å². The van der Waals surface area contributed by atoms with Gasteiger partial charge in [-0.15, -0.1) is 0 Å². The number of hydrogen-bond acceptors (Lipinski definition) is 7. The van der Waals surface area contributed by atoms with Crippen LogP contribution in [0.3, 0.4) is 0 Å². The highest BCUT2D eigenvalue weighted by molar-refractivity contribution is 7.89. The van der Waals surface area contributed by atoms with Gasteiger partial charge in [0.25, 0.3) is 5.91 Å². The molecule has 0 radical (unpaired) electrons. The Hall–Kier alpha value is -2.66. The quantitative estimate of drug-likeness (QED) is 0.604. The molecule has 1 aliphatic rings. The topological polar surface area (TPSA) is 105 Å². The second kappa shape index (κ2) is 10.3. The largest absolute Gasteiger partial charge is 0.452 e. The van der Waals surface area contributed by atoms with Gasteiger partial charge in [0.1, 0.15) is 4.90 Å². The summed E-state index contributed by atoms with van der Waals surface area (Å²) in [6, 6.07) is 10.9. The Morgan fingerprint density at radius 2 is 1.78 bits per heavy atom. The number of ether oxygens (including phenoxy) is 2. The first kappa shape index (κ1) is 24.0. The highest BCUT2D eigenvalue weighted by atomic mass is 35.5. The first-order valence-corrected chi connectivity index (χ1v) is 11.6. The summed E-state index contributed by atoms with van der Waals surface area (Å²) in [5, 5.41) is 2.57. The Kier molecular flexibility index (Phi) is 7.73. The van der Waals surface area contributed by atoms with Gasteiger partial charge in [-0.3, -0.25) is 4.79 Å². The van der Waals surface area contributed by atoms with E-state index in [9.17, 15) is 18.0 Å². The molecular formula is C21H24ClN3O6S. The normalized spacial score (nSPS) is 14.6. The molecular weight excluding hydrogens is 458 g/mol. The molecule has 0 atom stereocenters. The van der Waals surface area contributed by atoms with E-state index in [-0.39, 0.29) is 28.7 Å². The Morgan fingerprint density at radius 3 is 2.41 bits per heavy atom. The lowest BCUT2D eigenvalue weighted by molar-refractivity contribution is -0.119. The number of esters is 1. The van der Waals surface area contributed by atoms with Gasteiger partial charge in [-0.05, 0) is 42.5 Å². The standard InChI is InChI=1S/C21H24ClN3O6S/c1-24(2)17-6-3-15(4-7-17)21(27)31-14-20(26)23-16-5-8-18(22)19(13-16)32(28,29)25-9-11-30-12-10-25/h3-8,13H,9-12,14H2,1-2H3,(H,23,26). The zero-order valence-electron chi connectivity index (χ0n) is 17.7. The zero-order chi connectivity index (χ0) is 23.3. The molecule has 1 N–H and O–H groups in total. The molecule has 1 heterocycles. The van der Waals surface area contributed by atoms with Gasteiger partial charge in [0.15, 0.2) is 6.61 Å². The number of carbonyl (C=O) groups excluding carboxylic acids is 2. The van der Waals surface area contributed by atoms with Crippen molar-refractivity contribution in [1.82, 2.24) is 4.31 Å². The monoisotopic (exact) mass is 481 g/mol. The Bertz CT molecular complexity index is 1080. The SMILES string of the molecule is CN(C)c1ccc(C(=O)OCC(=O)Nc2ccc(Cl)c(S(=O)(=O)N3CCOCC3)c2)cc1. The number of rotatable bonds is 7. The molecule has 2 aromatic rings. The number of benzene rings is 2. The number of anilines is 2. The number of halogens is 1. The smallest absolute Gasteiger partial charge is 0.338 e. The van der Waals surface area contributed by atoms with Crippen LogP contribution in [0.4, 0.5) is 11.4 Å². The van der Waals surface area contributed by atoms with Crippen molar-refractivity contribution in [2.75, 3.05) is 57.2 Å². The minimum Gasteiger partial charge on any atom is -0.452 e. The van der Waals surface area contributed by atoms with E-state index in [1.54, 1.807) is 24.3 Å². The summed E-state index contributed by atoms with van der Waals surface area (Å²) in [4.78, 5) is 26.2. The fraction of sp³-hybridized carbons (Fsp3) is 0.333. The van der Waals surface area contributed by atoms with Crippen LogP contribution in [0.5, 0.6) is 0 Å². The van der Waals surface area contributed by atoms with E-state index in [0.717, 1.165) is 5.69 Å². The summed E-state index contributed by atoms with van der Waals surface area (Å²) in [6.07, 6.45) is 0. The second-order valence-electron chi connectivity index (χ2n) is 7.23. The molecule has 0 aromatic heterocycles. The number of sulfonamides is 1. The van der Waals surface area contributed by atoms with Crippen LogP contribution in [-0.4, -0.2) is 71.6 Å². The number of hydrogen-bond donors (Lipinski definition) is 1. The van der Waals surface area contributed by atoms with Gasteiger partial charge in [-0.25, -0.2) is 13.2 Å². The molecule has 32 heavy (non-hydrogen) atoms. The average molecular weight is 482 g/mol. The summed E-state index contributed by atoms with van der Waals surface area (Å²) in [5.74, 6) is -1.25. The van der Waals surface area contributed by atoms with Gasteiger partial charge < -0.3 is 19.7 Å². The van der Waals surface area contributed by atoms with E-state index in [2.05, 4.69) is 5.32 Å². The number of nitrogens with zero attached hydrogens (tertiary/aromatic N) is 2. The van der Waals surface area contributed by atoms with Crippen LogP contribution in [0.1, 0.15) is 10.4 Å². The summed E-state index contributed by atoms with van der Waals surface area (Å²) in [5.41, 5.74) is 1.45. The number of morpholine rings is 1. The predicted octanol–water partition coefficient (Wildman–Crippen LogP) is 2.22. The second-order valence-corrected chi connectivity index (χ2v) is 9.54. The molecule has 0 spiro atoms. The van der Waals surface area contributed by atoms with Crippen molar-refractivity contribution in [3.8, 4) is 0 Å². The third-order valence-corrected chi connectivity index (χ3v) is 7.14. The Labute approximate surface area is 191 Å². The molecule has 9 nitrogen and oxygen atoms in total. The average Bonchev–Trinajstić information content (AvgIpc) is 2.79. The third kappa shape index (κ3) is 5.77. The highest BCUT2D eigenvalue weighted by Gasteiger charge is 2.28. The van der Waals surface area contributed by atoms with Crippen LogP contribution in [0.15, 0.2) is 47.4 Å². The molecule has 0 bridgehead atoms. The van der Waals surface area contributed by atoms with Crippen LogP contribution in [0.2, 0.25) is 5.02 Å². The molecule has 3 rings (SSSR count). The molecule has 0 aliphatic carbocycles. The molecule has 1 saturated heterocycles. The molecule has 1 aliphatic heterocycles. The van der Waals surface area contributed by atoms with Crippen molar-refractivity contribution in [1.29, 1.82) is 0 Å². The van der Waals surface area contributed by atoms with Crippen molar-refractivity contribution >= 4 is 44.9 Å². The van der Waals surface area contributed by atoms with Gasteiger partial charge in [0, 0.05) is 38.6 Å². The van der Waals surface area contributed by atoms with Crippen LogP contribution >= 0.6 is 11.6 Å². The van der Waals surface area contributed by atoms with Gasteiger partial charge >= 0.3 is 5.97 Å². The summed E-state index contributed by atoms with van der Waals surface area (Å²) in [6.45, 7) is 0.525. The third-order valence-electron chi connectivity index (χ3n) is 4.76.